The summed E-state index contributed by atoms with van der Waals surface area (Å²) in [5.74, 6) is 0.0605. The molecule has 22 heavy (non-hydrogen) atoms. The number of aromatic nitrogens is 2. The number of rotatable bonds is 2. The Kier molecular flexibility index (Phi) is 3.53. The van der Waals surface area contributed by atoms with Crippen molar-refractivity contribution in [1.29, 1.82) is 0 Å². The predicted octanol–water partition coefficient (Wildman–Crippen LogP) is 3.13. The molecule has 0 spiro atoms. The summed E-state index contributed by atoms with van der Waals surface area (Å²) in [5.41, 5.74) is 2.11. The number of carbonyl (C=O) groups is 1. The maximum atomic E-state index is 12.9. The van der Waals surface area contributed by atoms with Gasteiger partial charge in [0.05, 0.1) is 17.2 Å². The van der Waals surface area contributed by atoms with Crippen LogP contribution in [0.2, 0.25) is 0 Å². The Morgan fingerprint density at radius 2 is 1.86 bits per heavy atom. The van der Waals surface area contributed by atoms with E-state index in [-0.39, 0.29) is 5.91 Å². The van der Waals surface area contributed by atoms with Gasteiger partial charge in [0.1, 0.15) is 5.69 Å². The lowest BCUT2D eigenvalue weighted by Gasteiger charge is -2.38. The van der Waals surface area contributed by atoms with E-state index >= 15 is 0 Å². The fraction of sp³-hybridized carbons (Fsp3) is 0.471. The molecule has 4 rings (SSSR count). The third kappa shape index (κ3) is 2.28. The predicted molar refractivity (Wildman–Crippen MR) is 89.1 cm³/mol. The number of fused-ring (bicyclic) bond motifs is 3. The number of nitrogens with zero attached hydrogens (tertiary/aromatic N) is 3. The number of hydrogen-bond donors (Lipinski definition) is 0. The maximum Gasteiger partial charge on any atom is 0.274 e. The Bertz CT molecular complexity index is 706. The van der Waals surface area contributed by atoms with Crippen LogP contribution in [0.1, 0.15) is 36.2 Å². The summed E-state index contributed by atoms with van der Waals surface area (Å²) in [6.45, 7) is 0. The van der Waals surface area contributed by atoms with Gasteiger partial charge in [-0.05, 0) is 44.1 Å². The Balaban J connectivity index is 1.63. The number of thioether (sulfide) groups is 1. The highest BCUT2D eigenvalue weighted by Crippen LogP contribution is 2.40. The summed E-state index contributed by atoms with van der Waals surface area (Å²) in [6.07, 6.45) is 8.30. The van der Waals surface area contributed by atoms with E-state index < -0.39 is 0 Å². The molecule has 0 radical (unpaired) electrons. The number of piperidine rings is 1. The largest absolute Gasteiger partial charge is 0.331 e. The molecule has 0 N–H and O–H groups in total. The standard InChI is InChI=1S/C17H19N3OS/c1-22-13-8-11-6-7-12(9-13)20(11)17(21)16-10-18-14-4-2-3-5-15(14)19-16/h2-5,10-13H,6-9H2,1H3. The van der Waals surface area contributed by atoms with Crippen molar-refractivity contribution in [2.75, 3.05) is 6.26 Å². The van der Waals surface area contributed by atoms with E-state index in [1.165, 1.54) is 0 Å². The van der Waals surface area contributed by atoms with Crippen LogP contribution in [0.3, 0.4) is 0 Å². The first-order chi connectivity index (χ1) is 10.8. The molecule has 1 aromatic heterocycles. The number of carbonyl (C=O) groups excluding carboxylic acids is 1. The molecule has 2 unspecified atom stereocenters. The minimum absolute atomic E-state index is 0.0605. The van der Waals surface area contributed by atoms with Gasteiger partial charge in [0, 0.05) is 17.3 Å². The minimum Gasteiger partial charge on any atom is -0.331 e. The van der Waals surface area contributed by atoms with Gasteiger partial charge in [0.25, 0.3) is 5.91 Å². The van der Waals surface area contributed by atoms with Gasteiger partial charge in [-0.25, -0.2) is 4.98 Å². The van der Waals surface area contributed by atoms with Gasteiger partial charge in [-0.15, -0.1) is 0 Å². The highest BCUT2D eigenvalue weighted by molar-refractivity contribution is 7.99. The molecule has 2 aliphatic heterocycles. The zero-order chi connectivity index (χ0) is 15.1. The number of para-hydroxylation sites is 2. The van der Waals surface area contributed by atoms with Crippen LogP contribution in [-0.2, 0) is 0 Å². The van der Waals surface area contributed by atoms with E-state index in [1.807, 2.05) is 36.0 Å². The summed E-state index contributed by atoms with van der Waals surface area (Å²) in [5, 5.41) is 0.698. The first-order valence-corrected chi connectivity index (χ1v) is 9.12. The number of amides is 1. The molecule has 2 fully saturated rings. The van der Waals surface area contributed by atoms with Crippen LogP contribution >= 0.6 is 11.8 Å². The summed E-state index contributed by atoms with van der Waals surface area (Å²) in [4.78, 5) is 23.9. The van der Waals surface area contributed by atoms with Crippen LogP contribution in [0.5, 0.6) is 0 Å². The normalized spacial score (nSPS) is 27.3. The van der Waals surface area contributed by atoms with Gasteiger partial charge in [-0.1, -0.05) is 12.1 Å². The molecule has 2 aromatic rings. The minimum atomic E-state index is 0.0605. The smallest absolute Gasteiger partial charge is 0.274 e. The molecule has 4 nitrogen and oxygen atoms in total. The average molecular weight is 313 g/mol. The zero-order valence-corrected chi connectivity index (χ0v) is 13.4. The molecule has 2 saturated heterocycles. The van der Waals surface area contributed by atoms with Crippen LogP contribution in [0.25, 0.3) is 11.0 Å². The molecule has 0 aliphatic carbocycles. The molecular formula is C17H19N3OS. The van der Waals surface area contributed by atoms with Crippen LogP contribution in [0.4, 0.5) is 0 Å². The average Bonchev–Trinajstić information content (AvgIpc) is 2.83. The summed E-state index contributed by atoms with van der Waals surface area (Å²) >= 11 is 1.94. The van der Waals surface area contributed by atoms with E-state index in [0.717, 1.165) is 36.7 Å². The number of benzene rings is 1. The van der Waals surface area contributed by atoms with E-state index in [4.69, 9.17) is 0 Å². The summed E-state index contributed by atoms with van der Waals surface area (Å²) < 4.78 is 0. The molecule has 5 heteroatoms. The maximum absolute atomic E-state index is 12.9. The van der Waals surface area contributed by atoms with Crippen molar-refractivity contribution >= 4 is 28.7 Å². The monoisotopic (exact) mass is 313 g/mol. The van der Waals surface area contributed by atoms with Crippen molar-refractivity contribution in [3.8, 4) is 0 Å². The molecule has 3 heterocycles. The van der Waals surface area contributed by atoms with Gasteiger partial charge in [0.2, 0.25) is 0 Å². The molecule has 2 atom stereocenters. The highest BCUT2D eigenvalue weighted by Gasteiger charge is 2.43. The number of hydrogen-bond acceptors (Lipinski definition) is 4. The Morgan fingerprint density at radius 3 is 2.55 bits per heavy atom. The quantitative estimate of drug-likeness (QED) is 0.854. The SMILES string of the molecule is CSC1CC2CCC(C1)N2C(=O)c1cnc2ccccc2n1. The van der Waals surface area contributed by atoms with Gasteiger partial charge in [-0.2, -0.15) is 11.8 Å². The molecule has 114 valence electrons. The van der Waals surface area contributed by atoms with Crippen molar-refractivity contribution in [1.82, 2.24) is 14.9 Å². The fourth-order valence-corrected chi connectivity index (χ4v) is 4.67. The van der Waals surface area contributed by atoms with Crippen molar-refractivity contribution in [3.05, 3.63) is 36.2 Å². The second-order valence-electron chi connectivity index (χ2n) is 6.17. The lowest BCUT2D eigenvalue weighted by molar-refractivity contribution is 0.0595. The van der Waals surface area contributed by atoms with Gasteiger partial charge in [0.15, 0.2) is 0 Å². The Morgan fingerprint density at radius 1 is 1.18 bits per heavy atom. The first kappa shape index (κ1) is 14.0. The fourth-order valence-electron chi connectivity index (χ4n) is 3.84. The van der Waals surface area contributed by atoms with Crippen LogP contribution in [-0.4, -0.2) is 44.4 Å². The molecule has 2 bridgehead atoms. The second kappa shape index (κ2) is 5.54. The Hall–Kier alpha value is -1.62. The summed E-state index contributed by atoms with van der Waals surface area (Å²) in [6, 6.07) is 8.47. The lowest BCUT2D eigenvalue weighted by atomic mass is 10.0. The van der Waals surface area contributed by atoms with Crippen LogP contribution < -0.4 is 0 Å². The van der Waals surface area contributed by atoms with Crippen LogP contribution in [0.15, 0.2) is 30.5 Å². The van der Waals surface area contributed by atoms with Crippen molar-refractivity contribution < 1.29 is 4.79 Å². The third-order valence-electron chi connectivity index (χ3n) is 4.93. The molecule has 0 saturated carbocycles. The lowest BCUT2D eigenvalue weighted by Crippen LogP contribution is -2.47. The summed E-state index contributed by atoms with van der Waals surface area (Å²) in [7, 11) is 0. The van der Waals surface area contributed by atoms with Gasteiger partial charge >= 0.3 is 0 Å². The highest BCUT2D eigenvalue weighted by atomic mass is 32.2. The molecule has 1 amide bonds. The van der Waals surface area contributed by atoms with Crippen molar-refractivity contribution in [2.24, 2.45) is 0 Å². The third-order valence-corrected chi connectivity index (χ3v) is 5.98. The first-order valence-electron chi connectivity index (χ1n) is 7.83. The zero-order valence-electron chi connectivity index (χ0n) is 12.6. The second-order valence-corrected chi connectivity index (χ2v) is 7.31. The van der Waals surface area contributed by atoms with Crippen LogP contribution in [0, 0.1) is 0 Å². The van der Waals surface area contributed by atoms with Gasteiger partial charge in [-0.3, -0.25) is 9.78 Å². The van der Waals surface area contributed by atoms with E-state index in [1.54, 1.807) is 6.20 Å². The van der Waals surface area contributed by atoms with Crippen molar-refractivity contribution in [2.45, 2.75) is 43.0 Å². The Labute approximate surface area is 134 Å². The van der Waals surface area contributed by atoms with E-state index in [0.29, 0.717) is 23.0 Å². The molecule has 2 aliphatic rings. The molecular weight excluding hydrogens is 294 g/mol. The van der Waals surface area contributed by atoms with Crippen molar-refractivity contribution in [3.63, 3.8) is 0 Å². The van der Waals surface area contributed by atoms with E-state index in [9.17, 15) is 4.79 Å². The molecule has 1 aromatic carbocycles. The van der Waals surface area contributed by atoms with Gasteiger partial charge < -0.3 is 4.90 Å². The topological polar surface area (TPSA) is 46.1 Å². The van der Waals surface area contributed by atoms with E-state index in [2.05, 4.69) is 21.1 Å².